The van der Waals surface area contributed by atoms with Crippen molar-refractivity contribution in [2.24, 2.45) is 0 Å². The molecular weight excluding hydrogens is 398 g/mol. The van der Waals surface area contributed by atoms with Crippen LogP contribution in [0.2, 0.25) is 0 Å². The first-order chi connectivity index (χ1) is 15.0. The first-order valence-corrected chi connectivity index (χ1v) is 10.8. The molecule has 1 spiro atoms. The molecule has 1 fully saturated rings. The van der Waals surface area contributed by atoms with E-state index in [9.17, 15) is 9.59 Å². The predicted octanol–water partition coefficient (Wildman–Crippen LogP) is 2.46. The van der Waals surface area contributed by atoms with Gasteiger partial charge in [-0.05, 0) is 44.2 Å². The molecule has 2 aliphatic rings. The first kappa shape index (κ1) is 21.4. The zero-order chi connectivity index (χ0) is 21.8. The van der Waals surface area contributed by atoms with Crippen molar-refractivity contribution >= 4 is 11.8 Å². The number of fused-ring (bicyclic) bond motifs is 1. The fourth-order valence-electron chi connectivity index (χ4n) is 4.32. The lowest BCUT2D eigenvalue weighted by Gasteiger charge is -2.43. The molecule has 0 radical (unpaired) electrons. The van der Waals surface area contributed by atoms with Crippen LogP contribution in [0.25, 0.3) is 0 Å². The molecule has 1 aromatic heterocycles. The number of hydrogen-bond acceptors (Lipinski definition) is 6. The molecule has 1 atom stereocenters. The highest BCUT2D eigenvalue weighted by Gasteiger charge is 2.46. The van der Waals surface area contributed by atoms with Crippen LogP contribution >= 0.6 is 0 Å². The van der Waals surface area contributed by atoms with Gasteiger partial charge >= 0.3 is 0 Å². The number of para-hydroxylation sites is 1. The van der Waals surface area contributed by atoms with Gasteiger partial charge in [0.25, 0.3) is 11.8 Å². The van der Waals surface area contributed by atoms with E-state index in [0.717, 1.165) is 25.0 Å². The average molecular weight is 428 g/mol. The van der Waals surface area contributed by atoms with E-state index in [0.29, 0.717) is 38.5 Å². The van der Waals surface area contributed by atoms with Crippen molar-refractivity contribution in [2.75, 3.05) is 39.9 Å². The average Bonchev–Trinajstić information content (AvgIpc) is 3.21. The largest absolute Gasteiger partial charge is 0.491 e. The van der Waals surface area contributed by atoms with E-state index in [-0.39, 0.29) is 24.1 Å². The Morgan fingerprint density at radius 1 is 1.16 bits per heavy atom. The molecule has 1 aromatic carbocycles. The van der Waals surface area contributed by atoms with E-state index >= 15 is 0 Å². The monoisotopic (exact) mass is 427 g/mol. The SMILES string of the molecule is Cc1ocnc1C(=O)N1CCOC2(CCCCc3ccccc3OCCN(C)C2=O)C1. The molecule has 2 aliphatic heterocycles. The van der Waals surface area contributed by atoms with E-state index in [2.05, 4.69) is 11.1 Å². The Labute approximate surface area is 182 Å². The van der Waals surface area contributed by atoms with Crippen LogP contribution in [0.5, 0.6) is 5.75 Å². The summed E-state index contributed by atoms with van der Waals surface area (Å²) in [6, 6.07) is 8.05. The highest BCUT2D eigenvalue weighted by Crippen LogP contribution is 2.30. The van der Waals surface area contributed by atoms with Crippen molar-refractivity contribution in [1.82, 2.24) is 14.8 Å². The summed E-state index contributed by atoms with van der Waals surface area (Å²) in [5.41, 5.74) is 0.406. The van der Waals surface area contributed by atoms with Crippen LogP contribution in [0.1, 0.15) is 41.1 Å². The Morgan fingerprint density at radius 2 is 2.00 bits per heavy atom. The highest BCUT2D eigenvalue weighted by atomic mass is 16.5. The Morgan fingerprint density at radius 3 is 2.81 bits per heavy atom. The summed E-state index contributed by atoms with van der Waals surface area (Å²) in [6.07, 6.45) is 4.40. The van der Waals surface area contributed by atoms with E-state index < -0.39 is 5.60 Å². The minimum absolute atomic E-state index is 0.112. The van der Waals surface area contributed by atoms with E-state index in [4.69, 9.17) is 13.9 Å². The van der Waals surface area contributed by atoms with Gasteiger partial charge in [0.05, 0.1) is 19.7 Å². The molecule has 8 nitrogen and oxygen atoms in total. The van der Waals surface area contributed by atoms with Crippen LogP contribution in [0.3, 0.4) is 0 Å². The zero-order valence-corrected chi connectivity index (χ0v) is 18.1. The maximum atomic E-state index is 13.5. The van der Waals surface area contributed by atoms with Gasteiger partial charge in [-0.25, -0.2) is 4.98 Å². The number of likely N-dealkylation sites (N-methyl/N-ethyl adjacent to an activating group) is 1. The maximum absolute atomic E-state index is 13.5. The molecule has 166 valence electrons. The van der Waals surface area contributed by atoms with Gasteiger partial charge in [0.2, 0.25) is 0 Å². The molecule has 1 unspecified atom stereocenters. The zero-order valence-electron chi connectivity index (χ0n) is 18.1. The van der Waals surface area contributed by atoms with Crippen LogP contribution in [-0.2, 0) is 16.0 Å². The molecular formula is C23H29N3O5. The van der Waals surface area contributed by atoms with Gasteiger partial charge in [0.15, 0.2) is 17.7 Å². The molecule has 2 aromatic rings. The Bertz CT molecular complexity index is 943. The van der Waals surface area contributed by atoms with Gasteiger partial charge in [-0.1, -0.05) is 18.2 Å². The van der Waals surface area contributed by atoms with Crippen molar-refractivity contribution in [3.8, 4) is 5.75 Å². The second kappa shape index (κ2) is 9.09. The number of nitrogens with zero attached hydrogens (tertiary/aromatic N) is 3. The summed E-state index contributed by atoms with van der Waals surface area (Å²) < 4.78 is 17.3. The maximum Gasteiger partial charge on any atom is 0.276 e. The number of carbonyl (C=O) groups is 2. The number of hydrogen-bond donors (Lipinski definition) is 0. The van der Waals surface area contributed by atoms with Crippen LogP contribution in [0, 0.1) is 6.92 Å². The lowest BCUT2D eigenvalue weighted by atomic mass is 9.91. The number of aromatic nitrogens is 1. The van der Waals surface area contributed by atoms with Gasteiger partial charge in [-0.15, -0.1) is 0 Å². The number of carbonyl (C=O) groups excluding carboxylic acids is 2. The van der Waals surface area contributed by atoms with E-state index in [1.807, 2.05) is 18.2 Å². The molecule has 0 aliphatic carbocycles. The molecule has 8 heteroatoms. The second-order valence-electron chi connectivity index (χ2n) is 8.22. The smallest absolute Gasteiger partial charge is 0.276 e. The Hall–Kier alpha value is -2.87. The summed E-state index contributed by atoms with van der Waals surface area (Å²) >= 11 is 0. The third-order valence-corrected chi connectivity index (χ3v) is 6.09. The minimum Gasteiger partial charge on any atom is -0.491 e. The van der Waals surface area contributed by atoms with Crippen molar-refractivity contribution in [3.05, 3.63) is 47.7 Å². The van der Waals surface area contributed by atoms with Gasteiger partial charge in [0, 0.05) is 13.6 Å². The van der Waals surface area contributed by atoms with Crippen LogP contribution in [0.15, 0.2) is 35.1 Å². The predicted molar refractivity (Wildman–Crippen MR) is 113 cm³/mol. The van der Waals surface area contributed by atoms with E-state index in [1.54, 1.807) is 23.8 Å². The molecule has 0 N–H and O–H groups in total. The third-order valence-electron chi connectivity index (χ3n) is 6.09. The Balaban J connectivity index is 1.54. The van der Waals surface area contributed by atoms with Gasteiger partial charge in [-0.3, -0.25) is 9.59 Å². The number of oxazole rings is 1. The minimum atomic E-state index is -1.06. The number of aryl methyl sites for hydroxylation is 2. The van der Waals surface area contributed by atoms with Crippen molar-refractivity contribution in [2.45, 2.75) is 38.2 Å². The first-order valence-electron chi connectivity index (χ1n) is 10.8. The van der Waals surface area contributed by atoms with Gasteiger partial charge in [0.1, 0.15) is 18.1 Å². The second-order valence-corrected chi connectivity index (χ2v) is 8.22. The standard InChI is InChI=1S/C23H29N3O5/c1-17-20(24-16-30-17)21(27)26-12-14-31-23(15-26)10-6-5-8-18-7-3-4-9-19(18)29-13-11-25(2)22(23)28/h3-4,7,9,16H,5-6,8,10-15H2,1-2H3. The van der Waals surface area contributed by atoms with Crippen LogP contribution in [0.4, 0.5) is 0 Å². The summed E-state index contributed by atoms with van der Waals surface area (Å²) in [5, 5.41) is 0. The van der Waals surface area contributed by atoms with Crippen molar-refractivity contribution in [1.29, 1.82) is 0 Å². The molecule has 31 heavy (non-hydrogen) atoms. The van der Waals surface area contributed by atoms with Crippen LogP contribution in [-0.4, -0.2) is 72.1 Å². The topological polar surface area (TPSA) is 85.1 Å². The fourth-order valence-corrected chi connectivity index (χ4v) is 4.32. The Kier molecular flexibility index (Phi) is 6.27. The molecule has 0 bridgehead atoms. The number of morpholine rings is 1. The molecule has 0 saturated carbocycles. The summed E-state index contributed by atoms with van der Waals surface area (Å²) in [4.78, 5) is 33.9. The van der Waals surface area contributed by atoms with E-state index in [1.165, 1.54) is 12.0 Å². The molecule has 1 saturated heterocycles. The van der Waals surface area contributed by atoms with Gasteiger partial charge < -0.3 is 23.7 Å². The molecule has 3 heterocycles. The highest BCUT2D eigenvalue weighted by molar-refractivity contribution is 5.94. The van der Waals surface area contributed by atoms with Crippen molar-refractivity contribution < 1.29 is 23.5 Å². The summed E-state index contributed by atoms with van der Waals surface area (Å²) in [7, 11) is 1.76. The fraction of sp³-hybridized carbons (Fsp3) is 0.522. The number of rotatable bonds is 1. The summed E-state index contributed by atoms with van der Waals surface area (Å²) in [6.45, 7) is 3.48. The lowest BCUT2D eigenvalue weighted by Crippen LogP contribution is -2.61. The summed E-state index contributed by atoms with van der Waals surface area (Å²) in [5.74, 6) is 1.02. The number of benzene rings is 1. The third kappa shape index (κ3) is 4.44. The lowest BCUT2D eigenvalue weighted by molar-refractivity contribution is -0.169. The quantitative estimate of drug-likeness (QED) is 0.695. The van der Waals surface area contributed by atoms with Crippen LogP contribution < -0.4 is 4.74 Å². The molecule has 2 amide bonds. The molecule has 4 rings (SSSR count). The normalized spacial score (nSPS) is 23.0. The number of ether oxygens (including phenoxy) is 2. The number of amides is 2. The van der Waals surface area contributed by atoms with Gasteiger partial charge in [-0.2, -0.15) is 0 Å². The van der Waals surface area contributed by atoms with Crippen molar-refractivity contribution in [3.63, 3.8) is 0 Å².